The van der Waals surface area contributed by atoms with Crippen molar-refractivity contribution in [3.63, 3.8) is 0 Å². The van der Waals surface area contributed by atoms with Gasteiger partial charge in [0.2, 0.25) is 5.91 Å². The number of aromatic nitrogens is 1. The molecule has 3 aliphatic rings. The van der Waals surface area contributed by atoms with Crippen molar-refractivity contribution in [3.8, 4) is 0 Å². The zero-order chi connectivity index (χ0) is 23.3. The summed E-state index contributed by atoms with van der Waals surface area (Å²) in [4.78, 5) is 40.3. The number of carbonyl (C=O) groups is 2. The van der Waals surface area contributed by atoms with Gasteiger partial charge in [-0.3, -0.25) is 19.4 Å². The molecule has 3 fully saturated rings. The molecular formula is C26H33N5O2S. The first-order chi connectivity index (χ1) is 16.7. The number of rotatable bonds is 6. The van der Waals surface area contributed by atoms with E-state index in [9.17, 15) is 9.59 Å². The second-order valence-electron chi connectivity index (χ2n) is 9.34. The molecule has 1 aromatic carbocycles. The molecule has 2 saturated heterocycles. The van der Waals surface area contributed by atoms with Gasteiger partial charge in [-0.2, -0.15) is 0 Å². The summed E-state index contributed by atoms with van der Waals surface area (Å²) in [6.45, 7) is 6.86. The van der Waals surface area contributed by atoms with E-state index in [0.717, 1.165) is 55.2 Å². The normalized spacial score (nSPS) is 20.2. The predicted molar refractivity (Wildman–Crippen MR) is 133 cm³/mol. The summed E-state index contributed by atoms with van der Waals surface area (Å²) in [5.74, 6) is 0.242. The Morgan fingerprint density at radius 3 is 2.24 bits per heavy atom. The second kappa shape index (κ2) is 10.9. The highest BCUT2D eigenvalue weighted by molar-refractivity contribution is 7.99. The van der Waals surface area contributed by atoms with Gasteiger partial charge in [0.1, 0.15) is 5.03 Å². The van der Waals surface area contributed by atoms with Gasteiger partial charge in [-0.25, -0.2) is 4.98 Å². The standard InChI is InChI=1S/C26H33N5O2S/c32-24(30-18-16-29(17-19-30)21-6-4-7-21)20-28-12-14-31(15-13-28)26(33)23-10-5-11-27-25(23)34-22-8-2-1-3-9-22/h1-3,5,8-11,21H,4,6-7,12-20H2. The van der Waals surface area contributed by atoms with Crippen LogP contribution in [0.3, 0.4) is 0 Å². The van der Waals surface area contributed by atoms with E-state index in [-0.39, 0.29) is 11.8 Å². The smallest absolute Gasteiger partial charge is 0.256 e. The summed E-state index contributed by atoms with van der Waals surface area (Å²) < 4.78 is 0. The average Bonchev–Trinajstić information content (AvgIpc) is 2.84. The molecule has 2 aliphatic heterocycles. The summed E-state index contributed by atoms with van der Waals surface area (Å²) in [5.41, 5.74) is 0.644. The van der Waals surface area contributed by atoms with E-state index in [1.54, 1.807) is 6.20 Å². The molecule has 0 unspecified atom stereocenters. The van der Waals surface area contributed by atoms with Gasteiger partial charge in [-0.15, -0.1) is 0 Å². The molecule has 0 atom stereocenters. The maximum atomic E-state index is 13.3. The van der Waals surface area contributed by atoms with Crippen LogP contribution in [0.2, 0.25) is 0 Å². The number of hydrogen-bond donors (Lipinski definition) is 0. The van der Waals surface area contributed by atoms with E-state index in [0.29, 0.717) is 25.2 Å². The van der Waals surface area contributed by atoms with E-state index in [2.05, 4.69) is 14.8 Å². The molecular weight excluding hydrogens is 446 g/mol. The molecule has 34 heavy (non-hydrogen) atoms. The van der Waals surface area contributed by atoms with Crippen molar-refractivity contribution in [1.29, 1.82) is 0 Å². The van der Waals surface area contributed by atoms with Gasteiger partial charge >= 0.3 is 0 Å². The van der Waals surface area contributed by atoms with Crippen LogP contribution in [-0.2, 0) is 4.79 Å². The van der Waals surface area contributed by atoms with Crippen LogP contribution in [0, 0.1) is 0 Å². The largest absolute Gasteiger partial charge is 0.339 e. The summed E-state index contributed by atoms with van der Waals surface area (Å²) in [7, 11) is 0. The van der Waals surface area contributed by atoms with Gasteiger partial charge in [0, 0.05) is 69.5 Å². The summed E-state index contributed by atoms with van der Waals surface area (Å²) in [5, 5.41) is 0.734. The highest BCUT2D eigenvalue weighted by atomic mass is 32.2. The minimum atomic E-state index is 0.0182. The van der Waals surface area contributed by atoms with Crippen molar-refractivity contribution >= 4 is 23.6 Å². The third-order valence-electron chi connectivity index (χ3n) is 7.24. The van der Waals surface area contributed by atoms with E-state index < -0.39 is 0 Å². The fourth-order valence-corrected chi connectivity index (χ4v) is 5.79. The predicted octanol–water partition coefficient (Wildman–Crippen LogP) is 2.69. The Balaban J connectivity index is 1.11. The number of benzene rings is 1. The Morgan fingerprint density at radius 2 is 1.56 bits per heavy atom. The molecule has 180 valence electrons. The van der Waals surface area contributed by atoms with Crippen LogP contribution in [0.1, 0.15) is 29.6 Å². The maximum Gasteiger partial charge on any atom is 0.256 e. The molecule has 0 bridgehead atoms. The number of piperazine rings is 2. The first-order valence-corrected chi connectivity index (χ1v) is 13.2. The summed E-state index contributed by atoms with van der Waals surface area (Å²) in [6.07, 6.45) is 5.73. The number of pyridine rings is 1. The Morgan fingerprint density at radius 1 is 0.853 bits per heavy atom. The average molecular weight is 480 g/mol. The molecule has 5 rings (SSSR count). The molecule has 2 amide bonds. The van der Waals surface area contributed by atoms with E-state index >= 15 is 0 Å². The van der Waals surface area contributed by atoms with Crippen LogP contribution < -0.4 is 0 Å². The SMILES string of the molecule is O=C(CN1CCN(C(=O)c2cccnc2Sc2ccccc2)CC1)N1CCN(C2CCC2)CC1. The van der Waals surface area contributed by atoms with E-state index in [4.69, 9.17) is 0 Å². The third-order valence-corrected chi connectivity index (χ3v) is 8.26. The first kappa shape index (κ1) is 23.3. The molecule has 1 aliphatic carbocycles. The van der Waals surface area contributed by atoms with Crippen molar-refractivity contribution in [1.82, 2.24) is 24.6 Å². The minimum absolute atomic E-state index is 0.0182. The molecule has 1 saturated carbocycles. The highest BCUT2D eigenvalue weighted by Gasteiger charge is 2.31. The summed E-state index contributed by atoms with van der Waals surface area (Å²) >= 11 is 1.52. The van der Waals surface area contributed by atoms with Crippen molar-refractivity contribution < 1.29 is 9.59 Å². The van der Waals surface area contributed by atoms with Crippen LogP contribution in [0.15, 0.2) is 58.6 Å². The molecule has 7 nitrogen and oxygen atoms in total. The third kappa shape index (κ3) is 5.45. The van der Waals surface area contributed by atoms with Gasteiger partial charge in [0.25, 0.3) is 5.91 Å². The summed E-state index contributed by atoms with van der Waals surface area (Å²) in [6, 6.07) is 14.4. The van der Waals surface area contributed by atoms with E-state index in [1.165, 1.54) is 31.0 Å². The van der Waals surface area contributed by atoms with Gasteiger partial charge < -0.3 is 9.80 Å². The number of amides is 2. The molecule has 3 heterocycles. The molecule has 0 radical (unpaired) electrons. The molecule has 2 aromatic rings. The zero-order valence-corrected chi connectivity index (χ0v) is 20.5. The quantitative estimate of drug-likeness (QED) is 0.635. The molecule has 0 spiro atoms. The Hall–Kier alpha value is -2.42. The molecule has 1 aromatic heterocycles. The van der Waals surface area contributed by atoms with Crippen molar-refractivity contribution in [2.45, 2.75) is 35.2 Å². The Kier molecular flexibility index (Phi) is 7.47. The minimum Gasteiger partial charge on any atom is -0.339 e. The fourth-order valence-electron chi connectivity index (χ4n) is 4.89. The molecule has 0 N–H and O–H groups in total. The highest BCUT2D eigenvalue weighted by Crippen LogP contribution is 2.29. The lowest BCUT2D eigenvalue weighted by Gasteiger charge is -2.43. The van der Waals surface area contributed by atoms with Crippen molar-refractivity contribution in [2.75, 3.05) is 58.9 Å². The Bertz CT molecular complexity index is 984. The van der Waals surface area contributed by atoms with Gasteiger partial charge in [-0.1, -0.05) is 36.4 Å². The molecule has 8 heteroatoms. The van der Waals surface area contributed by atoms with Gasteiger partial charge in [-0.05, 0) is 37.1 Å². The lowest BCUT2D eigenvalue weighted by molar-refractivity contribution is -0.135. The fraction of sp³-hybridized carbons (Fsp3) is 0.500. The van der Waals surface area contributed by atoms with Crippen LogP contribution in [0.4, 0.5) is 0 Å². The number of nitrogens with zero attached hydrogens (tertiary/aromatic N) is 5. The van der Waals surface area contributed by atoms with Crippen molar-refractivity contribution in [3.05, 3.63) is 54.2 Å². The first-order valence-electron chi connectivity index (χ1n) is 12.4. The van der Waals surface area contributed by atoms with Crippen molar-refractivity contribution in [2.24, 2.45) is 0 Å². The number of hydrogen-bond acceptors (Lipinski definition) is 6. The number of carbonyl (C=O) groups excluding carboxylic acids is 2. The topological polar surface area (TPSA) is 60.0 Å². The lowest BCUT2D eigenvalue weighted by atomic mass is 9.91. The van der Waals surface area contributed by atoms with Crippen LogP contribution in [-0.4, -0.2) is 101 Å². The van der Waals surface area contributed by atoms with Gasteiger partial charge in [0.15, 0.2) is 0 Å². The Labute approximate surface area is 206 Å². The monoisotopic (exact) mass is 479 g/mol. The van der Waals surface area contributed by atoms with Crippen LogP contribution in [0.25, 0.3) is 0 Å². The maximum absolute atomic E-state index is 13.3. The van der Waals surface area contributed by atoms with Crippen LogP contribution in [0.5, 0.6) is 0 Å². The zero-order valence-electron chi connectivity index (χ0n) is 19.6. The second-order valence-corrected chi connectivity index (χ2v) is 10.4. The van der Waals surface area contributed by atoms with E-state index in [1.807, 2.05) is 52.3 Å². The lowest BCUT2D eigenvalue weighted by Crippen LogP contribution is -2.56. The van der Waals surface area contributed by atoms with Gasteiger partial charge in [0.05, 0.1) is 12.1 Å². The van der Waals surface area contributed by atoms with Crippen LogP contribution >= 0.6 is 11.8 Å².